The number of benzene rings is 1. The molecule has 1 fully saturated rings. The topological polar surface area (TPSA) is 96.7 Å². The summed E-state index contributed by atoms with van der Waals surface area (Å²) in [5, 5.41) is 10.9. The molecule has 7 nitrogen and oxygen atoms in total. The number of nitrogens with zero attached hydrogens (tertiary/aromatic N) is 3. The van der Waals surface area contributed by atoms with E-state index < -0.39 is 0 Å². The number of nitrogens with one attached hydrogen (secondary N) is 2. The van der Waals surface area contributed by atoms with Gasteiger partial charge in [-0.05, 0) is 25.0 Å². The second-order valence-electron chi connectivity index (χ2n) is 6.16. The second kappa shape index (κ2) is 6.43. The van der Waals surface area contributed by atoms with Gasteiger partial charge in [-0.3, -0.25) is 4.79 Å². The number of hydrogen-bond donors (Lipinski definition) is 2. The Morgan fingerprint density at radius 3 is 2.88 bits per heavy atom. The third-order valence-corrected chi connectivity index (χ3v) is 4.45. The zero-order valence-electron chi connectivity index (χ0n) is 13.3. The highest BCUT2D eigenvalue weighted by atomic mass is 16.4. The highest BCUT2D eigenvalue weighted by Gasteiger charge is 2.21. The van der Waals surface area contributed by atoms with Gasteiger partial charge in [0.05, 0.1) is 17.6 Å². The van der Waals surface area contributed by atoms with E-state index in [2.05, 4.69) is 25.5 Å². The van der Waals surface area contributed by atoms with Gasteiger partial charge in [-0.1, -0.05) is 31.4 Å². The van der Waals surface area contributed by atoms with Gasteiger partial charge < -0.3 is 14.7 Å². The van der Waals surface area contributed by atoms with Crippen molar-refractivity contribution < 1.29 is 9.21 Å². The zero-order chi connectivity index (χ0) is 16.4. The first-order valence-corrected chi connectivity index (χ1v) is 8.35. The van der Waals surface area contributed by atoms with Crippen molar-refractivity contribution in [1.29, 1.82) is 0 Å². The Bertz CT molecular complexity index is 814. The fraction of sp³-hybridized carbons (Fsp3) is 0.412. The van der Waals surface area contributed by atoms with Gasteiger partial charge in [0.2, 0.25) is 11.8 Å². The number of fused-ring (bicyclic) bond motifs is 1. The molecule has 3 aromatic rings. The summed E-state index contributed by atoms with van der Waals surface area (Å²) in [6.45, 7) is 0.253. The summed E-state index contributed by atoms with van der Waals surface area (Å²) >= 11 is 0. The molecule has 2 N–H and O–H groups in total. The first-order valence-electron chi connectivity index (χ1n) is 8.35. The standard InChI is InChI=1S/C17H19N5O2/c23-16(11-6-2-1-3-7-11)18-10-14-21-22-17(24-14)15-19-12-8-4-5-9-13(12)20-15/h4-5,8-9,11H,1-3,6-7,10H2,(H,18,23)(H,19,20). The fourth-order valence-electron chi connectivity index (χ4n) is 3.15. The maximum atomic E-state index is 12.1. The molecule has 0 spiro atoms. The smallest absolute Gasteiger partial charge is 0.283 e. The highest BCUT2D eigenvalue weighted by molar-refractivity contribution is 5.79. The van der Waals surface area contributed by atoms with Crippen molar-refractivity contribution in [3.05, 3.63) is 30.2 Å². The van der Waals surface area contributed by atoms with Gasteiger partial charge >= 0.3 is 0 Å². The Balaban J connectivity index is 1.42. The second-order valence-corrected chi connectivity index (χ2v) is 6.16. The highest BCUT2D eigenvalue weighted by Crippen LogP contribution is 2.24. The van der Waals surface area contributed by atoms with E-state index in [1.54, 1.807) is 0 Å². The molecule has 2 aromatic heterocycles. The Hall–Kier alpha value is -2.70. The van der Waals surface area contributed by atoms with Crippen LogP contribution in [0.25, 0.3) is 22.7 Å². The van der Waals surface area contributed by atoms with Crippen LogP contribution in [0.5, 0.6) is 0 Å². The van der Waals surface area contributed by atoms with E-state index in [0.717, 1.165) is 36.7 Å². The summed E-state index contributed by atoms with van der Waals surface area (Å²) in [7, 11) is 0. The average molecular weight is 325 g/mol. The lowest BCUT2D eigenvalue weighted by atomic mass is 9.89. The molecule has 0 radical (unpaired) electrons. The number of carbonyl (C=O) groups excluding carboxylic acids is 1. The molecular formula is C17H19N5O2. The first-order chi connectivity index (χ1) is 11.8. The van der Waals surface area contributed by atoms with E-state index in [-0.39, 0.29) is 18.4 Å². The predicted molar refractivity (Wildman–Crippen MR) is 87.8 cm³/mol. The van der Waals surface area contributed by atoms with Crippen LogP contribution in [0.15, 0.2) is 28.7 Å². The molecule has 7 heteroatoms. The molecule has 0 aliphatic heterocycles. The van der Waals surface area contributed by atoms with Crippen LogP contribution in [0.3, 0.4) is 0 Å². The van der Waals surface area contributed by atoms with Gasteiger partial charge in [0.25, 0.3) is 5.89 Å². The summed E-state index contributed by atoms with van der Waals surface area (Å²) in [4.78, 5) is 19.7. The normalized spacial score (nSPS) is 15.7. The van der Waals surface area contributed by atoms with Crippen molar-refractivity contribution in [2.24, 2.45) is 5.92 Å². The number of rotatable bonds is 4. The van der Waals surface area contributed by atoms with Crippen LogP contribution in [0.1, 0.15) is 38.0 Å². The molecule has 1 aliphatic carbocycles. The maximum absolute atomic E-state index is 12.1. The number of H-pyrrole nitrogens is 1. The van der Waals surface area contributed by atoms with Crippen LogP contribution in [-0.4, -0.2) is 26.1 Å². The molecule has 0 atom stereocenters. The molecule has 0 saturated heterocycles. The minimum atomic E-state index is 0.0817. The van der Waals surface area contributed by atoms with Crippen molar-refractivity contribution in [3.63, 3.8) is 0 Å². The predicted octanol–water partition coefficient (Wildman–Crippen LogP) is 2.81. The molecule has 1 aliphatic rings. The summed E-state index contributed by atoms with van der Waals surface area (Å²) < 4.78 is 5.61. The van der Waals surface area contributed by atoms with Gasteiger partial charge in [0.15, 0.2) is 5.82 Å². The van der Waals surface area contributed by atoms with E-state index in [4.69, 9.17) is 4.42 Å². The minimum absolute atomic E-state index is 0.0817. The van der Waals surface area contributed by atoms with E-state index in [1.165, 1.54) is 6.42 Å². The summed E-state index contributed by atoms with van der Waals surface area (Å²) in [6.07, 6.45) is 5.44. The number of aromatic nitrogens is 4. The van der Waals surface area contributed by atoms with E-state index in [9.17, 15) is 4.79 Å². The Labute approximate surface area is 138 Å². The minimum Gasteiger partial charge on any atom is -0.416 e. The number of amides is 1. The number of imidazole rings is 1. The molecule has 124 valence electrons. The van der Waals surface area contributed by atoms with Crippen LogP contribution in [0.4, 0.5) is 0 Å². The van der Waals surface area contributed by atoms with Crippen LogP contribution < -0.4 is 5.32 Å². The van der Waals surface area contributed by atoms with Crippen LogP contribution in [-0.2, 0) is 11.3 Å². The SMILES string of the molecule is O=C(NCc1nnc(-c2nc3ccccc3[nH]2)o1)C1CCCCC1. The van der Waals surface area contributed by atoms with Crippen molar-refractivity contribution in [1.82, 2.24) is 25.5 Å². The summed E-state index contributed by atoms with van der Waals surface area (Å²) in [6, 6.07) is 7.71. The van der Waals surface area contributed by atoms with Crippen molar-refractivity contribution >= 4 is 16.9 Å². The zero-order valence-corrected chi connectivity index (χ0v) is 13.3. The third-order valence-electron chi connectivity index (χ3n) is 4.45. The molecule has 24 heavy (non-hydrogen) atoms. The Morgan fingerprint density at radius 1 is 1.21 bits per heavy atom. The Kier molecular flexibility index (Phi) is 3.98. The average Bonchev–Trinajstić information content (AvgIpc) is 3.27. The van der Waals surface area contributed by atoms with Gasteiger partial charge in [-0.25, -0.2) is 4.98 Å². The van der Waals surface area contributed by atoms with Gasteiger partial charge in [-0.15, -0.1) is 10.2 Å². The van der Waals surface area contributed by atoms with Gasteiger partial charge in [0, 0.05) is 5.92 Å². The monoisotopic (exact) mass is 325 g/mol. The van der Waals surface area contributed by atoms with Crippen LogP contribution in [0.2, 0.25) is 0 Å². The van der Waals surface area contributed by atoms with Gasteiger partial charge in [0.1, 0.15) is 0 Å². The number of carbonyl (C=O) groups is 1. The summed E-state index contributed by atoms with van der Waals surface area (Å²) in [5.41, 5.74) is 1.76. The first kappa shape index (κ1) is 14.9. The van der Waals surface area contributed by atoms with E-state index in [1.807, 2.05) is 24.3 Å². The number of hydrogen-bond acceptors (Lipinski definition) is 5. The largest absolute Gasteiger partial charge is 0.416 e. The number of aromatic amines is 1. The molecule has 0 bridgehead atoms. The molecule has 0 unspecified atom stereocenters. The van der Waals surface area contributed by atoms with E-state index >= 15 is 0 Å². The molecule has 1 amide bonds. The Morgan fingerprint density at radius 2 is 2.04 bits per heavy atom. The molecule has 4 rings (SSSR count). The molecule has 1 aromatic carbocycles. The summed E-state index contributed by atoms with van der Waals surface area (Å²) in [5.74, 6) is 1.45. The van der Waals surface area contributed by atoms with Crippen molar-refractivity contribution in [2.45, 2.75) is 38.6 Å². The number of para-hydroxylation sites is 2. The van der Waals surface area contributed by atoms with Crippen LogP contribution in [0, 0.1) is 5.92 Å². The van der Waals surface area contributed by atoms with Gasteiger partial charge in [-0.2, -0.15) is 0 Å². The fourth-order valence-corrected chi connectivity index (χ4v) is 3.15. The van der Waals surface area contributed by atoms with Crippen molar-refractivity contribution in [3.8, 4) is 11.7 Å². The van der Waals surface area contributed by atoms with Crippen LogP contribution >= 0.6 is 0 Å². The molecule has 1 saturated carbocycles. The molecule has 2 heterocycles. The lowest BCUT2D eigenvalue weighted by molar-refractivity contribution is -0.126. The van der Waals surface area contributed by atoms with E-state index in [0.29, 0.717) is 17.6 Å². The van der Waals surface area contributed by atoms with Crippen molar-refractivity contribution in [2.75, 3.05) is 0 Å². The quantitative estimate of drug-likeness (QED) is 0.769. The molecular weight excluding hydrogens is 306 g/mol. The third kappa shape index (κ3) is 3.02. The lowest BCUT2D eigenvalue weighted by Crippen LogP contribution is -2.31. The maximum Gasteiger partial charge on any atom is 0.283 e. The lowest BCUT2D eigenvalue weighted by Gasteiger charge is -2.20.